The van der Waals surface area contributed by atoms with Crippen molar-refractivity contribution in [1.29, 1.82) is 0 Å². The third-order valence-electron chi connectivity index (χ3n) is 5.03. The van der Waals surface area contributed by atoms with Gasteiger partial charge in [0.25, 0.3) is 0 Å². The summed E-state index contributed by atoms with van der Waals surface area (Å²) >= 11 is 0. The van der Waals surface area contributed by atoms with Crippen LogP contribution in [0, 0.1) is 0 Å². The number of nitrogens with one attached hydrogen (secondary N) is 2. The molecular weight excluding hydrogens is 360 g/mol. The number of rotatable bonds is 11. The molecule has 9 heteroatoms. The van der Waals surface area contributed by atoms with Crippen molar-refractivity contribution >= 4 is 17.0 Å². The summed E-state index contributed by atoms with van der Waals surface area (Å²) in [5, 5.41) is 3.42. The maximum absolute atomic E-state index is 12.3. The van der Waals surface area contributed by atoms with Gasteiger partial charge < -0.3 is 25.5 Å². The Hall–Kier alpha value is -2.13. The van der Waals surface area contributed by atoms with Gasteiger partial charge in [0.05, 0.1) is 12.2 Å². The fraction of sp³-hybridized carbons (Fsp3) is 0.737. The molecule has 2 aromatic rings. The van der Waals surface area contributed by atoms with Crippen LogP contribution in [0.4, 0.5) is 5.82 Å². The van der Waals surface area contributed by atoms with Crippen molar-refractivity contribution in [2.24, 2.45) is 0 Å². The summed E-state index contributed by atoms with van der Waals surface area (Å²) < 4.78 is 13.0. The van der Waals surface area contributed by atoms with Gasteiger partial charge in [-0.1, -0.05) is 13.3 Å². The molecule has 1 aliphatic heterocycles. The minimum Gasteiger partial charge on any atom is -0.460 e. The molecule has 2 aromatic heterocycles. The molecular formula is C19H32N6O3. The lowest BCUT2D eigenvalue weighted by atomic mass is 10.2. The van der Waals surface area contributed by atoms with Crippen LogP contribution in [-0.2, 0) is 11.3 Å². The molecule has 3 rings (SSSR count). The highest BCUT2D eigenvalue weighted by Crippen LogP contribution is 2.19. The number of H-pyrrole nitrogens is 1. The Morgan fingerprint density at radius 1 is 1.43 bits per heavy atom. The molecule has 0 radical (unpaired) electrons. The smallest absolute Gasteiger partial charge is 0.327 e. The Balaban J connectivity index is 1.57. The van der Waals surface area contributed by atoms with Crippen molar-refractivity contribution in [3.05, 3.63) is 10.5 Å². The lowest BCUT2D eigenvalue weighted by molar-refractivity contribution is 0.104. The number of aromatic nitrogens is 4. The lowest BCUT2D eigenvalue weighted by Gasteiger charge is -2.12. The minimum absolute atomic E-state index is 0.00555. The Morgan fingerprint density at radius 3 is 3.04 bits per heavy atom. The zero-order chi connectivity index (χ0) is 19.9. The first-order valence-corrected chi connectivity index (χ1v) is 10.3. The van der Waals surface area contributed by atoms with Crippen LogP contribution in [0.1, 0.15) is 52.4 Å². The number of nitrogen functional groups attached to an aromatic ring is 1. The summed E-state index contributed by atoms with van der Waals surface area (Å²) in [6, 6.07) is 0.216. The molecule has 3 heterocycles. The largest absolute Gasteiger partial charge is 0.460 e. The second-order valence-corrected chi connectivity index (χ2v) is 7.42. The predicted molar refractivity (Wildman–Crippen MR) is 109 cm³/mol. The van der Waals surface area contributed by atoms with Gasteiger partial charge in [-0.3, -0.25) is 4.57 Å². The monoisotopic (exact) mass is 392 g/mol. The summed E-state index contributed by atoms with van der Waals surface area (Å²) in [5.41, 5.74) is 6.74. The molecule has 28 heavy (non-hydrogen) atoms. The third-order valence-corrected chi connectivity index (χ3v) is 5.03. The van der Waals surface area contributed by atoms with Gasteiger partial charge in [-0.25, -0.2) is 4.79 Å². The molecule has 2 atom stereocenters. The second-order valence-electron chi connectivity index (χ2n) is 7.42. The minimum atomic E-state index is -0.228. The van der Waals surface area contributed by atoms with Gasteiger partial charge in [-0.15, -0.1) is 0 Å². The van der Waals surface area contributed by atoms with E-state index < -0.39 is 0 Å². The Labute approximate surface area is 165 Å². The van der Waals surface area contributed by atoms with E-state index in [1.807, 2.05) is 6.92 Å². The lowest BCUT2D eigenvalue weighted by Crippen LogP contribution is -2.24. The van der Waals surface area contributed by atoms with Gasteiger partial charge in [0.15, 0.2) is 11.5 Å². The van der Waals surface area contributed by atoms with Gasteiger partial charge in [0.1, 0.15) is 5.52 Å². The first-order chi connectivity index (χ1) is 13.6. The number of imidazole rings is 1. The molecule has 0 bridgehead atoms. The average molecular weight is 393 g/mol. The number of nitrogens with zero attached hydrogens (tertiary/aromatic N) is 3. The zero-order valence-electron chi connectivity index (χ0n) is 16.9. The van der Waals surface area contributed by atoms with Crippen LogP contribution in [0.15, 0.2) is 4.79 Å². The van der Waals surface area contributed by atoms with Crippen LogP contribution >= 0.6 is 0 Å². The van der Waals surface area contributed by atoms with Crippen LogP contribution < -0.4 is 21.5 Å². The third kappa shape index (κ3) is 5.23. The highest BCUT2D eigenvalue weighted by Gasteiger charge is 2.16. The number of hydrogen-bond acceptors (Lipinski definition) is 7. The zero-order valence-corrected chi connectivity index (χ0v) is 16.9. The van der Waals surface area contributed by atoms with Gasteiger partial charge in [0.2, 0.25) is 0 Å². The maximum Gasteiger partial charge on any atom is 0.327 e. The van der Waals surface area contributed by atoms with Gasteiger partial charge in [-0.05, 0) is 52.1 Å². The van der Waals surface area contributed by atoms with Crippen molar-refractivity contribution < 1.29 is 9.47 Å². The molecule has 0 aliphatic carbocycles. The van der Waals surface area contributed by atoms with E-state index in [0.29, 0.717) is 23.8 Å². The number of nitrogens with two attached hydrogens (primary N) is 1. The number of aryl methyl sites for hydroxylation is 1. The Morgan fingerprint density at radius 2 is 2.29 bits per heavy atom. The number of hydrogen-bond donors (Lipinski definition) is 3. The summed E-state index contributed by atoms with van der Waals surface area (Å²) in [4.78, 5) is 23.7. The normalized spacial score (nSPS) is 18.0. The molecule has 9 nitrogen and oxygen atoms in total. The molecule has 156 valence electrons. The van der Waals surface area contributed by atoms with Crippen LogP contribution in [-0.4, -0.2) is 51.4 Å². The first-order valence-electron chi connectivity index (χ1n) is 10.3. The van der Waals surface area contributed by atoms with Crippen molar-refractivity contribution in [2.45, 2.75) is 71.1 Å². The fourth-order valence-electron chi connectivity index (χ4n) is 3.56. The summed E-state index contributed by atoms with van der Waals surface area (Å²) in [6.07, 6.45) is 6.48. The van der Waals surface area contributed by atoms with E-state index in [4.69, 9.17) is 15.2 Å². The van der Waals surface area contributed by atoms with E-state index in [-0.39, 0.29) is 23.6 Å². The highest BCUT2D eigenvalue weighted by molar-refractivity contribution is 5.81. The first kappa shape index (κ1) is 20.6. The Bertz CT molecular complexity index is 812. The van der Waals surface area contributed by atoms with Gasteiger partial charge in [0, 0.05) is 13.2 Å². The summed E-state index contributed by atoms with van der Waals surface area (Å²) in [5.74, 6) is 0.231. The van der Waals surface area contributed by atoms with E-state index in [2.05, 4.69) is 27.2 Å². The maximum atomic E-state index is 12.3. The standard InChI is InChI=1S/C19H32N6O3/c1-3-6-13(2)28-18-23-16(20)15-17(24-18)25(19(26)22-15)11-5-9-21-10-8-14-7-4-12-27-14/h13-14,21H,3-12H2,1-2H3,(H,22,26)(H2,20,23,24). The van der Waals surface area contributed by atoms with Crippen LogP contribution in [0.5, 0.6) is 6.01 Å². The fourth-order valence-corrected chi connectivity index (χ4v) is 3.56. The molecule has 1 fully saturated rings. The van der Waals surface area contributed by atoms with Crippen LogP contribution in [0.3, 0.4) is 0 Å². The van der Waals surface area contributed by atoms with Crippen molar-refractivity contribution in [3.63, 3.8) is 0 Å². The SMILES string of the molecule is CCCC(C)Oc1nc(N)c2[nH]c(=O)n(CCCNCCC3CCCO3)c2n1. The summed E-state index contributed by atoms with van der Waals surface area (Å²) in [7, 11) is 0. The number of ether oxygens (including phenoxy) is 2. The van der Waals surface area contributed by atoms with Gasteiger partial charge >= 0.3 is 11.7 Å². The molecule has 2 unspecified atom stereocenters. The molecule has 0 aromatic carbocycles. The molecule has 0 saturated carbocycles. The molecule has 0 spiro atoms. The second kappa shape index (κ2) is 9.88. The highest BCUT2D eigenvalue weighted by atomic mass is 16.5. The molecule has 0 amide bonds. The molecule has 4 N–H and O–H groups in total. The topological polar surface area (TPSA) is 120 Å². The van der Waals surface area contributed by atoms with E-state index in [9.17, 15) is 4.79 Å². The van der Waals surface area contributed by atoms with Crippen molar-refractivity contribution in [1.82, 2.24) is 24.8 Å². The van der Waals surface area contributed by atoms with Crippen molar-refractivity contribution in [3.8, 4) is 6.01 Å². The molecule has 1 aliphatic rings. The van der Waals surface area contributed by atoms with Crippen LogP contribution in [0.25, 0.3) is 11.2 Å². The van der Waals surface area contributed by atoms with E-state index in [1.165, 1.54) is 6.42 Å². The number of fused-ring (bicyclic) bond motifs is 1. The van der Waals surface area contributed by atoms with E-state index >= 15 is 0 Å². The van der Waals surface area contributed by atoms with E-state index in [0.717, 1.165) is 51.8 Å². The van der Waals surface area contributed by atoms with Crippen LogP contribution in [0.2, 0.25) is 0 Å². The Kier molecular flexibility index (Phi) is 7.27. The number of anilines is 1. The van der Waals surface area contributed by atoms with E-state index in [1.54, 1.807) is 4.57 Å². The van der Waals surface area contributed by atoms with Crippen molar-refractivity contribution in [2.75, 3.05) is 25.4 Å². The number of aromatic amines is 1. The predicted octanol–water partition coefficient (Wildman–Crippen LogP) is 1.82. The molecule has 1 saturated heterocycles. The van der Waals surface area contributed by atoms with Gasteiger partial charge in [-0.2, -0.15) is 9.97 Å². The average Bonchev–Trinajstić information content (AvgIpc) is 3.27. The quantitative estimate of drug-likeness (QED) is 0.499. The summed E-state index contributed by atoms with van der Waals surface area (Å²) in [6.45, 7) is 7.25.